The lowest BCUT2D eigenvalue weighted by Crippen LogP contribution is -2.30. The molecule has 1 aliphatic rings. The second-order valence-corrected chi connectivity index (χ2v) is 6.26. The SMILES string of the molecule is Cc1ccc(S(=O)(=O)O[C@H]2CCO[C@@H](C)C2)cc1. The molecule has 5 heteroatoms. The molecule has 0 N–H and O–H groups in total. The zero-order valence-corrected chi connectivity index (χ0v) is 11.4. The monoisotopic (exact) mass is 270 g/mol. The molecule has 18 heavy (non-hydrogen) atoms. The molecular formula is C13H18O4S. The quantitative estimate of drug-likeness (QED) is 0.791. The molecule has 0 saturated carbocycles. The maximum absolute atomic E-state index is 12.1. The van der Waals surface area contributed by atoms with Crippen LogP contribution in [0.1, 0.15) is 25.3 Å². The number of hydrogen-bond acceptors (Lipinski definition) is 4. The fourth-order valence-electron chi connectivity index (χ4n) is 1.98. The average Bonchev–Trinajstić information content (AvgIpc) is 2.29. The lowest BCUT2D eigenvalue weighted by atomic mass is 10.1. The third kappa shape index (κ3) is 3.31. The van der Waals surface area contributed by atoms with E-state index in [1.807, 2.05) is 13.8 Å². The number of rotatable bonds is 3. The normalized spacial score (nSPS) is 25.0. The predicted molar refractivity (Wildman–Crippen MR) is 67.9 cm³/mol. The zero-order chi connectivity index (χ0) is 13.2. The molecule has 4 nitrogen and oxygen atoms in total. The van der Waals surface area contributed by atoms with Crippen LogP contribution in [0.3, 0.4) is 0 Å². The lowest BCUT2D eigenvalue weighted by molar-refractivity contribution is -0.0231. The Labute approximate surface area is 108 Å². The fourth-order valence-corrected chi connectivity index (χ4v) is 3.10. The minimum Gasteiger partial charge on any atom is -0.378 e. The number of benzene rings is 1. The van der Waals surface area contributed by atoms with Gasteiger partial charge >= 0.3 is 0 Å². The number of aryl methyl sites for hydroxylation is 1. The second-order valence-electron chi connectivity index (χ2n) is 4.69. The third-order valence-corrected chi connectivity index (χ3v) is 4.38. The lowest BCUT2D eigenvalue weighted by Gasteiger charge is -2.26. The van der Waals surface area contributed by atoms with E-state index in [4.69, 9.17) is 8.92 Å². The van der Waals surface area contributed by atoms with Gasteiger partial charge in [0.25, 0.3) is 10.1 Å². The van der Waals surface area contributed by atoms with Gasteiger partial charge < -0.3 is 4.74 Å². The van der Waals surface area contributed by atoms with Gasteiger partial charge in [0.2, 0.25) is 0 Å². The first-order valence-corrected chi connectivity index (χ1v) is 7.50. The van der Waals surface area contributed by atoms with Gasteiger partial charge in [-0.1, -0.05) is 17.7 Å². The largest absolute Gasteiger partial charge is 0.378 e. The summed E-state index contributed by atoms with van der Waals surface area (Å²) in [5, 5.41) is 0. The first kappa shape index (κ1) is 13.5. The number of ether oxygens (including phenoxy) is 1. The standard InChI is InChI=1S/C13H18O4S/c1-10-3-5-13(6-4-10)18(14,15)17-12-7-8-16-11(2)9-12/h3-6,11-12H,7-9H2,1-2H3/t11-,12-/m0/s1. The van der Waals surface area contributed by atoms with Gasteiger partial charge in [0.05, 0.1) is 17.1 Å². The molecule has 0 aromatic heterocycles. The van der Waals surface area contributed by atoms with E-state index < -0.39 is 10.1 Å². The summed E-state index contributed by atoms with van der Waals surface area (Å²) in [7, 11) is -3.66. The Bertz CT molecular complexity index is 492. The van der Waals surface area contributed by atoms with Crippen molar-refractivity contribution in [2.45, 2.75) is 43.8 Å². The summed E-state index contributed by atoms with van der Waals surface area (Å²) in [6, 6.07) is 6.69. The molecule has 2 rings (SSSR count). The van der Waals surface area contributed by atoms with Crippen molar-refractivity contribution < 1.29 is 17.3 Å². The Kier molecular flexibility index (Phi) is 4.04. The molecule has 0 unspecified atom stereocenters. The van der Waals surface area contributed by atoms with Crippen LogP contribution in [0.25, 0.3) is 0 Å². The van der Waals surface area contributed by atoms with Crippen LogP contribution in [0.4, 0.5) is 0 Å². The fraction of sp³-hybridized carbons (Fsp3) is 0.538. The van der Waals surface area contributed by atoms with E-state index in [0.717, 1.165) is 5.56 Å². The summed E-state index contributed by atoms with van der Waals surface area (Å²) >= 11 is 0. The molecule has 1 aromatic carbocycles. The highest BCUT2D eigenvalue weighted by Crippen LogP contribution is 2.22. The average molecular weight is 270 g/mol. The zero-order valence-electron chi connectivity index (χ0n) is 10.6. The van der Waals surface area contributed by atoms with Gasteiger partial charge in [-0.3, -0.25) is 4.18 Å². The van der Waals surface area contributed by atoms with E-state index in [1.54, 1.807) is 24.3 Å². The highest BCUT2D eigenvalue weighted by atomic mass is 32.2. The molecule has 0 aliphatic carbocycles. The summed E-state index contributed by atoms with van der Waals surface area (Å²) < 4.78 is 34.7. The molecule has 100 valence electrons. The molecule has 1 saturated heterocycles. The second kappa shape index (κ2) is 5.38. The smallest absolute Gasteiger partial charge is 0.297 e. The van der Waals surface area contributed by atoms with Crippen molar-refractivity contribution in [3.63, 3.8) is 0 Å². The van der Waals surface area contributed by atoms with Gasteiger partial charge in [-0.05, 0) is 32.4 Å². The minimum atomic E-state index is -3.66. The Morgan fingerprint density at radius 1 is 1.28 bits per heavy atom. The highest BCUT2D eigenvalue weighted by molar-refractivity contribution is 7.86. The van der Waals surface area contributed by atoms with Gasteiger partial charge in [0.1, 0.15) is 0 Å². The first-order chi connectivity index (χ1) is 8.47. The van der Waals surface area contributed by atoms with Crippen molar-refractivity contribution in [3.8, 4) is 0 Å². The van der Waals surface area contributed by atoms with Crippen molar-refractivity contribution in [1.29, 1.82) is 0 Å². The van der Waals surface area contributed by atoms with Gasteiger partial charge in [-0.2, -0.15) is 8.42 Å². The van der Waals surface area contributed by atoms with Crippen molar-refractivity contribution in [1.82, 2.24) is 0 Å². The molecule has 1 aromatic rings. The van der Waals surface area contributed by atoms with Crippen LogP contribution in [-0.2, 0) is 19.0 Å². The minimum absolute atomic E-state index is 0.0527. The molecule has 0 amide bonds. The van der Waals surface area contributed by atoms with Crippen molar-refractivity contribution >= 4 is 10.1 Å². The highest BCUT2D eigenvalue weighted by Gasteiger charge is 2.26. The molecule has 1 fully saturated rings. The molecule has 0 radical (unpaired) electrons. The molecule has 2 atom stereocenters. The van der Waals surface area contributed by atoms with Crippen LogP contribution in [0.15, 0.2) is 29.2 Å². The van der Waals surface area contributed by atoms with Crippen molar-refractivity contribution in [2.75, 3.05) is 6.61 Å². The summed E-state index contributed by atoms with van der Waals surface area (Å²) in [6.07, 6.45) is 1.01. The molecule has 1 heterocycles. The molecule has 1 aliphatic heterocycles. The maximum atomic E-state index is 12.1. The van der Waals surface area contributed by atoms with Gasteiger partial charge in [0.15, 0.2) is 0 Å². The summed E-state index contributed by atoms with van der Waals surface area (Å²) in [6.45, 7) is 4.39. The van der Waals surface area contributed by atoms with E-state index in [9.17, 15) is 8.42 Å². The Balaban J connectivity index is 2.09. The van der Waals surface area contributed by atoms with Gasteiger partial charge in [0, 0.05) is 13.0 Å². The van der Waals surface area contributed by atoms with E-state index in [-0.39, 0.29) is 17.1 Å². The predicted octanol–water partition coefficient (Wildman–Crippen LogP) is 2.27. The summed E-state index contributed by atoms with van der Waals surface area (Å²) in [5.74, 6) is 0. The maximum Gasteiger partial charge on any atom is 0.297 e. The van der Waals surface area contributed by atoms with E-state index in [0.29, 0.717) is 19.4 Å². The van der Waals surface area contributed by atoms with E-state index in [2.05, 4.69) is 0 Å². The van der Waals surface area contributed by atoms with Gasteiger partial charge in [-0.15, -0.1) is 0 Å². The Morgan fingerprint density at radius 2 is 1.94 bits per heavy atom. The van der Waals surface area contributed by atoms with Crippen LogP contribution >= 0.6 is 0 Å². The Morgan fingerprint density at radius 3 is 2.56 bits per heavy atom. The first-order valence-electron chi connectivity index (χ1n) is 6.09. The van der Waals surface area contributed by atoms with Crippen LogP contribution in [0.5, 0.6) is 0 Å². The third-order valence-electron chi connectivity index (χ3n) is 3.01. The van der Waals surface area contributed by atoms with Crippen LogP contribution in [0.2, 0.25) is 0 Å². The molecular weight excluding hydrogens is 252 g/mol. The summed E-state index contributed by atoms with van der Waals surface area (Å²) in [5.41, 5.74) is 1.02. The molecule has 0 spiro atoms. The van der Waals surface area contributed by atoms with Gasteiger partial charge in [-0.25, -0.2) is 0 Å². The van der Waals surface area contributed by atoms with Crippen molar-refractivity contribution in [2.24, 2.45) is 0 Å². The van der Waals surface area contributed by atoms with Crippen LogP contribution in [-0.4, -0.2) is 27.2 Å². The van der Waals surface area contributed by atoms with Crippen molar-refractivity contribution in [3.05, 3.63) is 29.8 Å². The number of hydrogen-bond donors (Lipinski definition) is 0. The Hall–Kier alpha value is -0.910. The molecule has 0 bridgehead atoms. The van der Waals surface area contributed by atoms with E-state index >= 15 is 0 Å². The van der Waals surface area contributed by atoms with E-state index in [1.165, 1.54) is 0 Å². The summed E-state index contributed by atoms with van der Waals surface area (Å²) in [4.78, 5) is 0.215. The topological polar surface area (TPSA) is 52.6 Å². The van der Waals surface area contributed by atoms with Crippen LogP contribution < -0.4 is 0 Å². The van der Waals surface area contributed by atoms with Crippen LogP contribution in [0, 0.1) is 6.92 Å².